The Morgan fingerprint density at radius 1 is 1.12 bits per heavy atom. The van der Waals surface area contributed by atoms with Crippen LogP contribution in [-0.2, 0) is 4.79 Å². The molecular weight excluding hydrogens is 336 g/mol. The van der Waals surface area contributed by atoms with Gasteiger partial charge in [0.2, 0.25) is 0 Å². The number of hydrogen-bond acceptors (Lipinski definition) is 3. The molecule has 1 aromatic carbocycles. The molecule has 3 N–H and O–H groups in total. The fourth-order valence-corrected chi connectivity index (χ4v) is 3.36. The van der Waals surface area contributed by atoms with Gasteiger partial charge in [-0.25, -0.2) is 9.59 Å². The van der Waals surface area contributed by atoms with E-state index in [0.717, 1.165) is 5.69 Å². The summed E-state index contributed by atoms with van der Waals surface area (Å²) in [6.45, 7) is 3.30. The van der Waals surface area contributed by atoms with E-state index in [1.165, 1.54) is 0 Å². The van der Waals surface area contributed by atoms with Crippen LogP contribution < -0.4 is 10.6 Å². The summed E-state index contributed by atoms with van der Waals surface area (Å²) in [7, 11) is 0. The molecule has 2 unspecified atom stereocenters. The zero-order valence-electron chi connectivity index (χ0n) is 14.8. The van der Waals surface area contributed by atoms with Crippen molar-refractivity contribution in [3.05, 3.63) is 30.3 Å². The molecule has 2 fully saturated rings. The first kappa shape index (κ1) is 18.0. The number of rotatable bonds is 3. The van der Waals surface area contributed by atoms with Gasteiger partial charge < -0.3 is 25.5 Å². The molecule has 2 atom stereocenters. The van der Waals surface area contributed by atoms with Gasteiger partial charge in [-0.3, -0.25) is 4.79 Å². The van der Waals surface area contributed by atoms with Gasteiger partial charge in [-0.1, -0.05) is 18.2 Å². The van der Waals surface area contributed by atoms with Crippen molar-refractivity contribution >= 4 is 23.7 Å². The number of aliphatic carboxylic acids is 1. The van der Waals surface area contributed by atoms with Crippen molar-refractivity contribution in [3.63, 3.8) is 0 Å². The van der Waals surface area contributed by atoms with Gasteiger partial charge in [-0.05, 0) is 31.9 Å². The molecule has 0 aromatic heterocycles. The number of amides is 4. The number of hydrogen-bond donors (Lipinski definition) is 3. The maximum Gasteiger partial charge on any atom is 0.321 e. The van der Waals surface area contributed by atoms with Gasteiger partial charge in [0.1, 0.15) is 0 Å². The first-order valence-corrected chi connectivity index (χ1v) is 8.77. The van der Waals surface area contributed by atoms with E-state index >= 15 is 0 Å². The van der Waals surface area contributed by atoms with Gasteiger partial charge in [0.25, 0.3) is 0 Å². The van der Waals surface area contributed by atoms with E-state index in [-0.39, 0.29) is 24.6 Å². The van der Waals surface area contributed by atoms with Crippen LogP contribution in [-0.4, -0.2) is 65.2 Å². The van der Waals surface area contributed by atoms with Gasteiger partial charge in [0, 0.05) is 37.9 Å². The molecule has 2 aliphatic heterocycles. The lowest BCUT2D eigenvalue weighted by atomic mass is 9.90. The van der Waals surface area contributed by atoms with Crippen LogP contribution in [0.15, 0.2) is 30.3 Å². The molecule has 8 nitrogen and oxygen atoms in total. The molecule has 2 saturated heterocycles. The maximum atomic E-state index is 12.4. The quantitative estimate of drug-likeness (QED) is 0.765. The summed E-state index contributed by atoms with van der Waals surface area (Å²) in [4.78, 5) is 39.2. The van der Waals surface area contributed by atoms with Crippen LogP contribution in [0.5, 0.6) is 0 Å². The average Bonchev–Trinajstić information content (AvgIpc) is 3.23. The Kier molecular flexibility index (Phi) is 5.01. The number of nitrogens with one attached hydrogen (secondary N) is 2. The zero-order chi connectivity index (χ0) is 18.7. The van der Waals surface area contributed by atoms with Crippen LogP contribution in [0.4, 0.5) is 15.3 Å². The second kappa shape index (κ2) is 7.23. The molecule has 26 heavy (non-hydrogen) atoms. The molecule has 0 aliphatic carbocycles. The number of benzene rings is 1. The second-order valence-electron chi connectivity index (χ2n) is 7.21. The Hall–Kier alpha value is -2.77. The van der Waals surface area contributed by atoms with Crippen molar-refractivity contribution in [2.45, 2.75) is 25.8 Å². The highest BCUT2D eigenvalue weighted by atomic mass is 16.4. The third-order valence-electron chi connectivity index (χ3n) is 5.10. The van der Waals surface area contributed by atoms with Gasteiger partial charge in [0.15, 0.2) is 0 Å². The van der Waals surface area contributed by atoms with Crippen LogP contribution in [0, 0.1) is 5.41 Å². The number of carboxylic acids is 1. The number of carboxylic acid groups (broad SMARTS) is 1. The third kappa shape index (κ3) is 3.89. The molecule has 0 spiro atoms. The predicted octanol–water partition coefficient (Wildman–Crippen LogP) is 1.80. The maximum absolute atomic E-state index is 12.4. The normalized spacial score (nSPS) is 25.2. The minimum atomic E-state index is -0.880. The van der Waals surface area contributed by atoms with Gasteiger partial charge >= 0.3 is 18.0 Å². The van der Waals surface area contributed by atoms with E-state index in [9.17, 15) is 19.5 Å². The van der Waals surface area contributed by atoms with Gasteiger partial charge in [-0.15, -0.1) is 0 Å². The number of anilines is 1. The lowest BCUT2D eigenvalue weighted by Gasteiger charge is -2.23. The monoisotopic (exact) mass is 360 g/mol. The minimum Gasteiger partial charge on any atom is -0.481 e. The lowest BCUT2D eigenvalue weighted by molar-refractivity contribution is -0.147. The van der Waals surface area contributed by atoms with Gasteiger partial charge in [0.05, 0.1) is 5.41 Å². The standard InChI is InChI=1S/C18H24N4O4/c1-18(15(23)24)8-10-22(12-18)17(26)20-14-7-9-21(11-14)16(25)19-13-5-3-2-4-6-13/h2-6,14H,7-12H2,1H3,(H,19,25)(H,20,26)(H,23,24). The fraction of sp³-hybridized carbons (Fsp3) is 0.500. The number of likely N-dealkylation sites (tertiary alicyclic amines) is 2. The molecule has 2 aliphatic rings. The summed E-state index contributed by atoms with van der Waals surface area (Å²) in [5.74, 6) is -0.877. The molecule has 4 amide bonds. The van der Waals surface area contributed by atoms with Crippen LogP contribution in [0.2, 0.25) is 0 Å². The van der Waals surface area contributed by atoms with Crippen molar-refractivity contribution in [2.75, 3.05) is 31.5 Å². The molecule has 0 radical (unpaired) electrons. The molecule has 0 bridgehead atoms. The van der Waals surface area contributed by atoms with Gasteiger partial charge in [-0.2, -0.15) is 0 Å². The van der Waals surface area contributed by atoms with Crippen LogP contribution in [0.3, 0.4) is 0 Å². The van der Waals surface area contributed by atoms with Crippen molar-refractivity contribution in [1.29, 1.82) is 0 Å². The Morgan fingerprint density at radius 3 is 2.50 bits per heavy atom. The van der Waals surface area contributed by atoms with E-state index in [1.807, 2.05) is 30.3 Å². The molecule has 2 heterocycles. The Morgan fingerprint density at radius 2 is 1.85 bits per heavy atom. The molecule has 0 saturated carbocycles. The summed E-state index contributed by atoms with van der Waals surface area (Å²) in [6.07, 6.45) is 1.13. The summed E-state index contributed by atoms with van der Waals surface area (Å²) < 4.78 is 0. The Labute approximate surface area is 152 Å². The minimum absolute atomic E-state index is 0.124. The highest BCUT2D eigenvalue weighted by Gasteiger charge is 2.42. The van der Waals surface area contributed by atoms with Crippen LogP contribution in [0.1, 0.15) is 19.8 Å². The van der Waals surface area contributed by atoms with Crippen molar-refractivity contribution in [3.8, 4) is 0 Å². The smallest absolute Gasteiger partial charge is 0.321 e. The lowest BCUT2D eigenvalue weighted by Crippen LogP contribution is -2.46. The van der Waals surface area contributed by atoms with Crippen molar-refractivity contribution in [2.24, 2.45) is 5.41 Å². The molecule has 140 valence electrons. The topological polar surface area (TPSA) is 102 Å². The molecule has 3 rings (SSSR count). The molecule has 8 heteroatoms. The van der Waals surface area contributed by atoms with E-state index in [4.69, 9.17) is 0 Å². The van der Waals surface area contributed by atoms with E-state index in [0.29, 0.717) is 32.5 Å². The van der Waals surface area contributed by atoms with Crippen LogP contribution in [0.25, 0.3) is 0 Å². The van der Waals surface area contributed by atoms with E-state index in [1.54, 1.807) is 16.7 Å². The Balaban J connectivity index is 1.48. The number of para-hydroxylation sites is 1. The third-order valence-corrected chi connectivity index (χ3v) is 5.10. The first-order chi connectivity index (χ1) is 12.4. The first-order valence-electron chi connectivity index (χ1n) is 8.77. The highest BCUT2D eigenvalue weighted by molar-refractivity contribution is 5.89. The molecular formula is C18H24N4O4. The number of carbonyl (C=O) groups excluding carboxylic acids is 2. The molecule has 1 aromatic rings. The summed E-state index contributed by atoms with van der Waals surface area (Å²) in [6, 6.07) is 8.65. The number of nitrogens with zero attached hydrogens (tertiary/aromatic N) is 2. The average molecular weight is 360 g/mol. The van der Waals surface area contributed by atoms with Crippen molar-refractivity contribution in [1.82, 2.24) is 15.1 Å². The summed E-state index contributed by atoms with van der Waals surface area (Å²) in [5, 5.41) is 15.0. The van der Waals surface area contributed by atoms with E-state index < -0.39 is 11.4 Å². The highest BCUT2D eigenvalue weighted by Crippen LogP contribution is 2.30. The van der Waals surface area contributed by atoms with Crippen molar-refractivity contribution < 1.29 is 19.5 Å². The number of carbonyl (C=O) groups is 3. The largest absolute Gasteiger partial charge is 0.481 e. The zero-order valence-corrected chi connectivity index (χ0v) is 14.8. The summed E-state index contributed by atoms with van der Waals surface area (Å²) in [5.41, 5.74) is -0.149. The fourth-order valence-electron chi connectivity index (χ4n) is 3.36. The second-order valence-corrected chi connectivity index (χ2v) is 7.21. The Bertz CT molecular complexity index is 696. The predicted molar refractivity (Wildman–Crippen MR) is 95.9 cm³/mol. The van der Waals surface area contributed by atoms with E-state index in [2.05, 4.69) is 10.6 Å². The SMILES string of the molecule is CC1(C(=O)O)CCN(C(=O)NC2CCN(C(=O)Nc3ccccc3)C2)C1. The number of urea groups is 2. The summed E-state index contributed by atoms with van der Waals surface area (Å²) >= 11 is 0. The van der Waals surface area contributed by atoms with Crippen LogP contribution >= 0.6 is 0 Å².